The van der Waals surface area contributed by atoms with Crippen molar-refractivity contribution in [2.24, 2.45) is 0 Å². The van der Waals surface area contributed by atoms with Crippen LogP contribution in [0.2, 0.25) is 0 Å². The Morgan fingerprint density at radius 2 is 2.15 bits per heavy atom. The molecule has 0 saturated carbocycles. The van der Waals surface area contributed by atoms with Crippen molar-refractivity contribution in [1.82, 2.24) is 35.7 Å². The average molecular weight is 391 g/mol. The zero-order valence-electron chi connectivity index (χ0n) is 14.1. The molecule has 0 aliphatic carbocycles. The fraction of sp³-hybridized carbons (Fsp3) is 0.533. The number of β-lactam (4-membered cyclic amide) rings is 1. The molecule has 0 bridgehead atoms. The maximum absolute atomic E-state index is 13.0. The lowest BCUT2D eigenvalue weighted by atomic mass is 9.94. The topological polar surface area (TPSA) is 107 Å². The third-order valence-electron chi connectivity index (χ3n) is 5.18. The second kappa shape index (κ2) is 5.51. The minimum absolute atomic E-state index is 0.0353. The van der Waals surface area contributed by atoms with Gasteiger partial charge >= 0.3 is 0 Å². The molecular formula is C15H17N7O2S2. The van der Waals surface area contributed by atoms with Crippen LogP contribution in [0.3, 0.4) is 0 Å². The van der Waals surface area contributed by atoms with Gasteiger partial charge in [0.1, 0.15) is 23.5 Å². The van der Waals surface area contributed by atoms with Crippen LogP contribution in [0.4, 0.5) is 0 Å². The number of thioether (sulfide) groups is 1. The predicted molar refractivity (Wildman–Crippen MR) is 94.9 cm³/mol. The van der Waals surface area contributed by atoms with Gasteiger partial charge in [-0.2, -0.15) is 5.21 Å². The van der Waals surface area contributed by atoms with Crippen LogP contribution in [0, 0.1) is 0 Å². The summed E-state index contributed by atoms with van der Waals surface area (Å²) in [5.74, 6) is 0.427. The second-order valence-electron chi connectivity index (χ2n) is 7.09. The molecule has 4 atom stereocenters. The normalized spacial score (nSPS) is 32.8. The minimum atomic E-state index is -0.443. The van der Waals surface area contributed by atoms with Crippen molar-refractivity contribution < 1.29 is 9.59 Å². The predicted octanol–water partition coefficient (Wildman–Crippen LogP) is 0.495. The van der Waals surface area contributed by atoms with E-state index < -0.39 is 6.04 Å². The first kappa shape index (κ1) is 16.2. The van der Waals surface area contributed by atoms with Crippen LogP contribution in [0.5, 0.6) is 0 Å². The fourth-order valence-electron chi connectivity index (χ4n) is 4.02. The van der Waals surface area contributed by atoms with Gasteiger partial charge in [0.25, 0.3) is 0 Å². The molecule has 5 rings (SSSR count). The van der Waals surface area contributed by atoms with Gasteiger partial charge in [-0.1, -0.05) is 11.3 Å². The van der Waals surface area contributed by atoms with E-state index in [1.54, 1.807) is 32.9 Å². The molecular weight excluding hydrogens is 374 g/mol. The largest absolute Gasteiger partial charge is 0.314 e. The number of hydrogen-bond donors (Lipinski definition) is 2. The lowest BCUT2D eigenvalue weighted by molar-refractivity contribution is -0.161. The van der Waals surface area contributed by atoms with Crippen LogP contribution in [-0.2, 0) is 9.59 Å². The Morgan fingerprint density at radius 1 is 1.31 bits per heavy atom. The summed E-state index contributed by atoms with van der Waals surface area (Å²) in [6.07, 6.45) is 0. The molecule has 2 aromatic rings. The van der Waals surface area contributed by atoms with Crippen LogP contribution < -0.4 is 5.32 Å². The molecule has 2 N–H and O–H groups in total. The molecule has 2 amide bonds. The Labute approximate surface area is 157 Å². The number of amides is 2. The summed E-state index contributed by atoms with van der Waals surface area (Å²) in [6.45, 7) is 4.52. The highest BCUT2D eigenvalue weighted by Crippen LogP contribution is 2.57. The summed E-state index contributed by atoms with van der Waals surface area (Å²) in [6, 6.07) is 2.82. The lowest BCUT2D eigenvalue weighted by Gasteiger charge is -2.47. The van der Waals surface area contributed by atoms with E-state index in [0.717, 1.165) is 4.88 Å². The number of carbonyl (C=O) groups excluding carboxylic acids is 2. The van der Waals surface area contributed by atoms with Crippen molar-refractivity contribution in [2.45, 2.75) is 42.1 Å². The van der Waals surface area contributed by atoms with Crippen LogP contribution in [0.25, 0.3) is 0 Å². The molecule has 3 aliphatic rings. The van der Waals surface area contributed by atoms with Crippen molar-refractivity contribution in [3.63, 3.8) is 0 Å². The molecule has 3 unspecified atom stereocenters. The molecule has 26 heavy (non-hydrogen) atoms. The SMILES string of the molecule is CC1(C)S[C@@H]2C(N3CNC(c4cccs4)C3=O)C(=O)N2C1c1nn[nH]n1. The number of carbonyl (C=O) groups is 2. The van der Waals surface area contributed by atoms with E-state index in [2.05, 4.69) is 39.8 Å². The Bertz CT molecular complexity index is 853. The van der Waals surface area contributed by atoms with Crippen molar-refractivity contribution >= 4 is 34.9 Å². The summed E-state index contributed by atoms with van der Waals surface area (Å²) >= 11 is 3.23. The standard InChI is InChI=1S/C15H17N7O2S2/c1-15(2)10(11-17-19-20-18-11)22-13(24)9(14(22)26-15)21-6-16-8(12(21)23)7-4-3-5-25-7/h3-5,8-10,14,16H,6H2,1-2H3,(H,17,18,19,20)/t8?,9?,10?,14-/m1/s1. The minimum Gasteiger partial charge on any atom is -0.314 e. The van der Waals surface area contributed by atoms with Crippen molar-refractivity contribution in [3.8, 4) is 0 Å². The monoisotopic (exact) mass is 391 g/mol. The highest BCUT2D eigenvalue weighted by molar-refractivity contribution is 8.01. The molecule has 3 aliphatic heterocycles. The van der Waals surface area contributed by atoms with Gasteiger partial charge in [0.2, 0.25) is 11.8 Å². The summed E-state index contributed by atoms with van der Waals surface area (Å²) < 4.78 is -0.262. The van der Waals surface area contributed by atoms with Crippen molar-refractivity contribution in [3.05, 3.63) is 28.2 Å². The van der Waals surface area contributed by atoms with Gasteiger partial charge in [-0.25, -0.2) is 0 Å². The van der Waals surface area contributed by atoms with Crippen molar-refractivity contribution in [1.29, 1.82) is 0 Å². The molecule has 2 aromatic heterocycles. The first-order valence-electron chi connectivity index (χ1n) is 8.29. The number of rotatable bonds is 3. The summed E-state index contributed by atoms with van der Waals surface area (Å²) in [7, 11) is 0. The quantitative estimate of drug-likeness (QED) is 0.734. The van der Waals surface area contributed by atoms with Gasteiger partial charge in [-0.3, -0.25) is 14.9 Å². The van der Waals surface area contributed by atoms with Gasteiger partial charge < -0.3 is 9.80 Å². The van der Waals surface area contributed by atoms with Crippen LogP contribution in [0.15, 0.2) is 17.5 Å². The van der Waals surface area contributed by atoms with Crippen LogP contribution in [-0.4, -0.2) is 65.1 Å². The molecule has 0 spiro atoms. The number of fused-ring (bicyclic) bond motifs is 1. The summed E-state index contributed by atoms with van der Waals surface area (Å²) in [4.78, 5) is 30.3. The first-order chi connectivity index (χ1) is 12.5. The van der Waals surface area contributed by atoms with Crippen LogP contribution in [0.1, 0.15) is 36.6 Å². The summed E-state index contributed by atoms with van der Waals surface area (Å²) in [5.41, 5.74) is 0. The number of tetrazole rings is 1. The van der Waals surface area contributed by atoms with E-state index in [1.165, 1.54) is 0 Å². The molecule has 0 radical (unpaired) electrons. The van der Waals surface area contributed by atoms with Crippen molar-refractivity contribution in [2.75, 3.05) is 6.67 Å². The molecule has 9 nitrogen and oxygen atoms in total. The number of nitrogens with zero attached hydrogens (tertiary/aromatic N) is 5. The second-order valence-corrected chi connectivity index (χ2v) is 9.84. The molecule has 5 heterocycles. The van der Waals surface area contributed by atoms with E-state index >= 15 is 0 Å². The van der Waals surface area contributed by atoms with Crippen LogP contribution >= 0.6 is 23.1 Å². The Hall–Kier alpha value is -1.98. The summed E-state index contributed by atoms with van der Waals surface area (Å²) in [5, 5.41) is 19.4. The van der Waals surface area contributed by atoms with Gasteiger partial charge in [-0.05, 0) is 25.3 Å². The maximum Gasteiger partial charge on any atom is 0.250 e. The van der Waals surface area contributed by atoms with E-state index in [4.69, 9.17) is 0 Å². The van der Waals surface area contributed by atoms with Gasteiger partial charge in [-0.15, -0.1) is 33.3 Å². The van der Waals surface area contributed by atoms with E-state index in [1.807, 2.05) is 17.5 Å². The molecule has 136 valence electrons. The average Bonchev–Trinajstić information content (AvgIpc) is 3.36. The highest BCUT2D eigenvalue weighted by Gasteiger charge is 2.65. The fourth-order valence-corrected chi connectivity index (χ4v) is 6.51. The number of nitrogens with one attached hydrogen (secondary N) is 2. The first-order valence-corrected chi connectivity index (χ1v) is 10.1. The maximum atomic E-state index is 13.0. The third kappa shape index (κ3) is 2.10. The van der Waals surface area contributed by atoms with Gasteiger partial charge in [0.05, 0.1) is 6.67 Å². The number of H-pyrrole nitrogens is 1. The van der Waals surface area contributed by atoms with E-state index in [0.29, 0.717) is 12.5 Å². The van der Waals surface area contributed by atoms with Gasteiger partial charge in [0.15, 0.2) is 5.82 Å². The van der Waals surface area contributed by atoms with E-state index in [9.17, 15) is 9.59 Å². The number of hydrogen-bond acceptors (Lipinski definition) is 8. The lowest BCUT2D eigenvalue weighted by Crippen LogP contribution is -2.68. The Balaban J connectivity index is 1.40. The smallest absolute Gasteiger partial charge is 0.250 e. The zero-order chi connectivity index (χ0) is 18.1. The third-order valence-corrected chi connectivity index (χ3v) is 7.67. The number of aromatic nitrogens is 4. The Morgan fingerprint density at radius 3 is 2.85 bits per heavy atom. The van der Waals surface area contributed by atoms with E-state index in [-0.39, 0.29) is 34.0 Å². The number of thiophene rings is 1. The molecule has 3 fully saturated rings. The number of aromatic amines is 1. The zero-order valence-corrected chi connectivity index (χ0v) is 15.8. The Kier molecular flexibility index (Phi) is 3.43. The highest BCUT2D eigenvalue weighted by atomic mass is 32.2. The molecule has 11 heteroatoms. The van der Waals surface area contributed by atoms with Gasteiger partial charge in [0, 0.05) is 9.62 Å². The molecule has 3 saturated heterocycles. The molecule has 0 aromatic carbocycles.